The van der Waals surface area contributed by atoms with Crippen LogP contribution < -0.4 is 15.2 Å². The van der Waals surface area contributed by atoms with E-state index >= 15 is 0 Å². The standard InChI is InChI=1S/C15H22N4O2/c1-11(2)19-15(17-10-18-19)9-21-13-5-4-12(6-7-16)8-14(13)20-3/h4-5,8,10-11H,6-7,9,16H2,1-3H3. The lowest BCUT2D eigenvalue weighted by atomic mass is 10.1. The van der Waals surface area contributed by atoms with E-state index in [0.29, 0.717) is 24.7 Å². The first-order valence-electron chi connectivity index (χ1n) is 7.04. The Balaban J connectivity index is 2.10. The van der Waals surface area contributed by atoms with Gasteiger partial charge in [-0.3, -0.25) is 0 Å². The summed E-state index contributed by atoms with van der Waals surface area (Å²) in [7, 11) is 1.63. The Labute approximate surface area is 124 Å². The number of nitrogens with zero attached hydrogens (tertiary/aromatic N) is 3. The van der Waals surface area contributed by atoms with E-state index in [2.05, 4.69) is 23.9 Å². The number of ether oxygens (including phenoxy) is 2. The van der Waals surface area contributed by atoms with Crippen LogP contribution in [0.5, 0.6) is 11.5 Å². The van der Waals surface area contributed by atoms with Crippen LogP contribution in [0.15, 0.2) is 24.5 Å². The molecule has 0 bridgehead atoms. The summed E-state index contributed by atoms with van der Waals surface area (Å²) in [5.74, 6) is 2.19. The maximum Gasteiger partial charge on any atom is 0.165 e. The highest BCUT2D eigenvalue weighted by molar-refractivity contribution is 5.43. The summed E-state index contributed by atoms with van der Waals surface area (Å²) in [6, 6.07) is 6.10. The number of rotatable bonds is 7. The molecular formula is C15H22N4O2. The van der Waals surface area contributed by atoms with Crippen LogP contribution in [0.1, 0.15) is 31.3 Å². The third-order valence-electron chi connectivity index (χ3n) is 3.15. The fraction of sp³-hybridized carbons (Fsp3) is 0.467. The van der Waals surface area contributed by atoms with E-state index in [1.807, 2.05) is 22.9 Å². The third-order valence-corrected chi connectivity index (χ3v) is 3.15. The van der Waals surface area contributed by atoms with Gasteiger partial charge < -0.3 is 15.2 Å². The third kappa shape index (κ3) is 3.72. The van der Waals surface area contributed by atoms with Crippen molar-refractivity contribution in [1.29, 1.82) is 0 Å². The van der Waals surface area contributed by atoms with Crippen LogP contribution in [0.3, 0.4) is 0 Å². The van der Waals surface area contributed by atoms with Gasteiger partial charge in [0.2, 0.25) is 0 Å². The molecule has 6 nitrogen and oxygen atoms in total. The Morgan fingerprint density at radius 2 is 2.10 bits per heavy atom. The van der Waals surface area contributed by atoms with Crippen molar-refractivity contribution in [2.45, 2.75) is 32.9 Å². The predicted molar refractivity (Wildman–Crippen MR) is 80.5 cm³/mol. The Hall–Kier alpha value is -2.08. The maximum absolute atomic E-state index is 5.82. The average Bonchev–Trinajstić information content (AvgIpc) is 2.94. The van der Waals surface area contributed by atoms with Gasteiger partial charge in [-0.05, 0) is 44.5 Å². The summed E-state index contributed by atoms with van der Waals surface area (Å²) in [4.78, 5) is 4.22. The van der Waals surface area contributed by atoms with Crippen molar-refractivity contribution < 1.29 is 9.47 Å². The summed E-state index contributed by atoms with van der Waals surface area (Å²) in [6.07, 6.45) is 2.36. The van der Waals surface area contributed by atoms with Crippen LogP contribution >= 0.6 is 0 Å². The van der Waals surface area contributed by atoms with E-state index in [4.69, 9.17) is 15.2 Å². The van der Waals surface area contributed by atoms with Gasteiger partial charge in [0.05, 0.1) is 7.11 Å². The van der Waals surface area contributed by atoms with Gasteiger partial charge in [0.25, 0.3) is 0 Å². The molecule has 1 heterocycles. The van der Waals surface area contributed by atoms with Crippen molar-refractivity contribution in [3.05, 3.63) is 35.9 Å². The molecule has 0 aliphatic rings. The largest absolute Gasteiger partial charge is 0.493 e. The van der Waals surface area contributed by atoms with Crippen LogP contribution in [0.4, 0.5) is 0 Å². The van der Waals surface area contributed by atoms with Gasteiger partial charge in [0.1, 0.15) is 12.9 Å². The zero-order valence-corrected chi connectivity index (χ0v) is 12.7. The molecule has 0 spiro atoms. The monoisotopic (exact) mass is 290 g/mol. The van der Waals surface area contributed by atoms with Crippen molar-refractivity contribution >= 4 is 0 Å². The number of aromatic nitrogens is 3. The van der Waals surface area contributed by atoms with E-state index in [9.17, 15) is 0 Å². The fourth-order valence-electron chi connectivity index (χ4n) is 2.10. The summed E-state index contributed by atoms with van der Waals surface area (Å²) in [5, 5.41) is 4.19. The highest BCUT2D eigenvalue weighted by Crippen LogP contribution is 2.28. The quantitative estimate of drug-likeness (QED) is 0.843. The van der Waals surface area contributed by atoms with Gasteiger partial charge in [-0.25, -0.2) is 9.67 Å². The van der Waals surface area contributed by atoms with Crippen molar-refractivity contribution in [3.63, 3.8) is 0 Å². The average molecular weight is 290 g/mol. The molecule has 1 aromatic carbocycles. The van der Waals surface area contributed by atoms with E-state index in [1.165, 1.54) is 0 Å². The number of nitrogens with two attached hydrogens (primary N) is 1. The van der Waals surface area contributed by atoms with Crippen LogP contribution in [0.25, 0.3) is 0 Å². The fourth-order valence-corrected chi connectivity index (χ4v) is 2.10. The molecule has 0 aliphatic carbocycles. The lowest BCUT2D eigenvalue weighted by Gasteiger charge is -2.13. The van der Waals surface area contributed by atoms with Crippen LogP contribution in [-0.2, 0) is 13.0 Å². The first kappa shape index (κ1) is 15.3. The zero-order chi connectivity index (χ0) is 15.2. The van der Waals surface area contributed by atoms with Crippen LogP contribution in [-0.4, -0.2) is 28.4 Å². The summed E-state index contributed by atoms with van der Waals surface area (Å²) in [6.45, 7) is 5.08. The SMILES string of the molecule is COc1cc(CCN)ccc1OCc1ncnn1C(C)C. The van der Waals surface area contributed by atoms with Crippen molar-refractivity contribution in [2.75, 3.05) is 13.7 Å². The molecule has 0 atom stereocenters. The lowest BCUT2D eigenvalue weighted by Crippen LogP contribution is -2.11. The second kappa shape index (κ2) is 7.08. The molecule has 0 saturated heterocycles. The van der Waals surface area contributed by atoms with E-state index < -0.39 is 0 Å². The molecule has 0 fully saturated rings. The lowest BCUT2D eigenvalue weighted by molar-refractivity contribution is 0.266. The van der Waals surface area contributed by atoms with E-state index in [-0.39, 0.29) is 6.04 Å². The Bertz CT molecular complexity index is 581. The molecular weight excluding hydrogens is 268 g/mol. The Morgan fingerprint density at radius 3 is 2.76 bits per heavy atom. The molecule has 2 aromatic rings. The second-order valence-corrected chi connectivity index (χ2v) is 5.03. The molecule has 0 amide bonds. The molecule has 0 saturated carbocycles. The summed E-state index contributed by atoms with van der Waals surface area (Å²) < 4.78 is 13.0. The zero-order valence-electron chi connectivity index (χ0n) is 12.7. The van der Waals surface area contributed by atoms with Crippen LogP contribution in [0.2, 0.25) is 0 Å². The molecule has 0 radical (unpaired) electrons. The van der Waals surface area contributed by atoms with Gasteiger partial charge >= 0.3 is 0 Å². The topological polar surface area (TPSA) is 75.2 Å². The second-order valence-electron chi connectivity index (χ2n) is 5.03. The highest BCUT2D eigenvalue weighted by Gasteiger charge is 2.11. The van der Waals surface area contributed by atoms with Gasteiger partial charge in [0, 0.05) is 6.04 Å². The summed E-state index contributed by atoms with van der Waals surface area (Å²) in [5.41, 5.74) is 6.70. The number of benzene rings is 1. The molecule has 0 aliphatic heterocycles. The minimum atomic E-state index is 0.250. The molecule has 114 valence electrons. The molecule has 2 rings (SSSR count). The normalized spacial score (nSPS) is 10.9. The predicted octanol–water partition coefficient (Wildman–Crippen LogP) is 1.95. The number of hydrogen-bond acceptors (Lipinski definition) is 5. The molecule has 6 heteroatoms. The van der Waals surface area contributed by atoms with Crippen molar-refractivity contribution in [3.8, 4) is 11.5 Å². The van der Waals surface area contributed by atoms with Crippen molar-refractivity contribution in [2.24, 2.45) is 5.73 Å². The minimum Gasteiger partial charge on any atom is -0.493 e. The molecule has 0 unspecified atom stereocenters. The van der Waals surface area contributed by atoms with Gasteiger partial charge in [-0.1, -0.05) is 6.07 Å². The van der Waals surface area contributed by atoms with Gasteiger partial charge in [-0.15, -0.1) is 0 Å². The number of methoxy groups -OCH3 is 1. The molecule has 21 heavy (non-hydrogen) atoms. The first-order chi connectivity index (χ1) is 10.2. The van der Waals surface area contributed by atoms with E-state index in [1.54, 1.807) is 13.4 Å². The van der Waals surface area contributed by atoms with Crippen molar-refractivity contribution in [1.82, 2.24) is 14.8 Å². The highest BCUT2D eigenvalue weighted by atomic mass is 16.5. The molecule has 1 aromatic heterocycles. The molecule has 2 N–H and O–H groups in total. The Morgan fingerprint density at radius 1 is 1.29 bits per heavy atom. The first-order valence-corrected chi connectivity index (χ1v) is 7.04. The van der Waals surface area contributed by atoms with Crippen LogP contribution in [0, 0.1) is 0 Å². The van der Waals surface area contributed by atoms with Gasteiger partial charge in [0.15, 0.2) is 17.3 Å². The maximum atomic E-state index is 5.82. The van der Waals surface area contributed by atoms with E-state index in [0.717, 1.165) is 17.8 Å². The Kier molecular flexibility index (Phi) is 5.16. The van der Waals surface area contributed by atoms with Gasteiger partial charge in [-0.2, -0.15) is 5.10 Å². The summed E-state index contributed by atoms with van der Waals surface area (Å²) >= 11 is 0. The minimum absolute atomic E-state index is 0.250. The smallest absolute Gasteiger partial charge is 0.165 e. The number of hydrogen-bond donors (Lipinski definition) is 1.